The van der Waals surface area contributed by atoms with Gasteiger partial charge in [-0.15, -0.1) is 0 Å². The molecule has 1 saturated heterocycles. The molecule has 1 rings (SSSR count). The Kier molecular flexibility index (Phi) is 3.74. The van der Waals surface area contributed by atoms with Crippen molar-refractivity contribution in [3.63, 3.8) is 0 Å². The molecule has 0 radical (unpaired) electrons. The predicted molar refractivity (Wildman–Crippen MR) is 54.3 cm³/mol. The molecule has 0 amide bonds. The number of nitrogens with one attached hydrogen (secondary N) is 1. The Hall–Kier alpha value is -0.0900. The maximum Gasteiger partial charge on any atom is 0.163 e. The van der Waals surface area contributed by atoms with Gasteiger partial charge in [0.25, 0.3) is 0 Å². The molecule has 2 unspecified atom stereocenters. The average molecular weight is 205 g/mol. The smallest absolute Gasteiger partial charge is 0.163 e. The second-order valence-electron chi connectivity index (χ2n) is 3.90. The minimum atomic E-state index is -2.89. The highest BCUT2D eigenvalue weighted by Crippen LogP contribution is 2.18. The lowest BCUT2D eigenvalue weighted by Crippen LogP contribution is -2.46. The molecule has 78 valence electrons. The fourth-order valence-corrected chi connectivity index (χ4v) is 2.93. The molecule has 4 heteroatoms. The third kappa shape index (κ3) is 3.27. The van der Waals surface area contributed by atoms with Crippen molar-refractivity contribution in [1.29, 1.82) is 0 Å². The van der Waals surface area contributed by atoms with E-state index < -0.39 is 9.84 Å². The van der Waals surface area contributed by atoms with E-state index in [4.69, 9.17) is 0 Å². The Balaban J connectivity index is 2.52. The summed E-state index contributed by atoms with van der Waals surface area (Å²) < 4.78 is 22.5. The highest BCUT2D eigenvalue weighted by molar-refractivity contribution is 7.91. The minimum absolute atomic E-state index is 0.294. The zero-order valence-corrected chi connectivity index (χ0v) is 9.23. The quantitative estimate of drug-likeness (QED) is 0.755. The Labute approximate surface area is 80.8 Å². The first-order chi connectivity index (χ1) is 6.04. The molecule has 0 bridgehead atoms. The van der Waals surface area contributed by atoms with E-state index in [1.807, 2.05) is 0 Å². The van der Waals surface area contributed by atoms with E-state index in [0.717, 1.165) is 32.1 Å². The van der Waals surface area contributed by atoms with E-state index in [-0.39, 0.29) is 5.37 Å². The van der Waals surface area contributed by atoms with Crippen molar-refractivity contribution in [2.75, 3.05) is 6.26 Å². The highest BCUT2D eigenvalue weighted by Gasteiger charge is 2.27. The summed E-state index contributed by atoms with van der Waals surface area (Å²) >= 11 is 0. The lowest BCUT2D eigenvalue weighted by molar-refractivity contribution is 0.352. The van der Waals surface area contributed by atoms with Gasteiger partial charge in [-0.1, -0.05) is 13.3 Å². The van der Waals surface area contributed by atoms with Crippen molar-refractivity contribution in [3.8, 4) is 0 Å². The summed E-state index contributed by atoms with van der Waals surface area (Å²) in [5, 5.41) is 2.91. The fourth-order valence-electron chi connectivity index (χ4n) is 1.89. The van der Waals surface area contributed by atoms with E-state index in [2.05, 4.69) is 12.2 Å². The second-order valence-corrected chi connectivity index (χ2v) is 6.13. The van der Waals surface area contributed by atoms with Crippen molar-refractivity contribution < 1.29 is 8.42 Å². The summed E-state index contributed by atoms with van der Waals surface area (Å²) in [6.45, 7) is 2.13. The number of hydrogen-bond acceptors (Lipinski definition) is 3. The third-order valence-electron chi connectivity index (χ3n) is 2.59. The van der Waals surface area contributed by atoms with E-state index in [0.29, 0.717) is 6.04 Å². The van der Waals surface area contributed by atoms with Crippen LogP contribution >= 0.6 is 0 Å². The van der Waals surface area contributed by atoms with Gasteiger partial charge >= 0.3 is 0 Å². The summed E-state index contributed by atoms with van der Waals surface area (Å²) in [5.41, 5.74) is 0. The van der Waals surface area contributed by atoms with Crippen LogP contribution in [0.1, 0.15) is 39.0 Å². The zero-order valence-electron chi connectivity index (χ0n) is 8.41. The molecule has 1 aliphatic heterocycles. The molecule has 1 heterocycles. The van der Waals surface area contributed by atoms with Gasteiger partial charge in [0.1, 0.15) is 5.37 Å². The maximum absolute atomic E-state index is 11.3. The summed E-state index contributed by atoms with van der Waals surface area (Å²) in [7, 11) is -2.89. The molecule has 0 aliphatic carbocycles. The first-order valence-corrected chi connectivity index (χ1v) is 6.94. The van der Waals surface area contributed by atoms with Crippen molar-refractivity contribution in [2.45, 2.75) is 50.4 Å². The molecule has 1 N–H and O–H groups in total. The number of sulfone groups is 1. The second kappa shape index (κ2) is 4.42. The van der Waals surface area contributed by atoms with Gasteiger partial charge in [0.05, 0.1) is 0 Å². The first-order valence-electron chi connectivity index (χ1n) is 4.99. The summed E-state index contributed by atoms with van der Waals surface area (Å²) in [5.74, 6) is 0. The largest absolute Gasteiger partial charge is 0.298 e. The van der Waals surface area contributed by atoms with Crippen LogP contribution in [0.5, 0.6) is 0 Å². The van der Waals surface area contributed by atoms with E-state index in [1.54, 1.807) is 0 Å². The Morgan fingerprint density at radius 1 is 1.38 bits per heavy atom. The number of piperidine rings is 1. The zero-order chi connectivity index (χ0) is 9.90. The van der Waals surface area contributed by atoms with Crippen molar-refractivity contribution in [1.82, 2.24) is 5.32 Å². The Bertz CT molecular complexity index is 246. The molecule has 13 heavy (non-hydrogen) atoms. The molecule has 2 atom stereocenters. The molecule has 1 fully saturated rings. The summed E-state index contributed by atoms with van der Waals surface area (Å²) in [6.07, 6.45) is 6.47. The monoisotopic (exact) mass is 205 g/mol. The van der Waals surface area contributed by atoms with Crippen molar-refractivity contribution in [2.24, 2.45) is 0 Å². The summed E-state index contributed by atoms with van der Waals surface area (Å²) in [4.78, 5) is 0. The van der Waals surface area contributed by atoms with Crippen LogP contribution in [0, 0.1) is 0 Å². The van der Waals surface area contributed by atoms with E-state index >= 15 is 0 Å². The molecular formula is C9H19NO2S. The standard InChI is InChI=1S/C9H19NO2S/c1-3-5-8-6-4-7-9(10-8)13(2,11)12/h8-10H,3-7H2,1-2H3. The highest BCUT2D eigenvalue weighted by atomic mass is 32.2. The molecule has 1 aliphatic rings. The Morgan fingerprint density at radius 2 is 2.08 bits per heavy atom. The van der Waals surface area contributed by atoms with Crippen molar-refractivity contribution in [3.05, 3.63) is 0 Å². The SMILES string of the molecule is CCCC1CCCC(S(C)(=O)=O)N1. The maximum atomic E-state index is 11.3. The molecule has 0 saturated carbocycles. The fraction of sp³-hybridized carbons (Fsp3) is 1.00. The van der Waals surface area contributed by atoms with Gasteiger partial charge in [-0.05, 0) is 25.7 Å². The topological polar surface area (TPSA) is 46.2 Å². The van der Waals surface area contributed by atoms with E-state index in [1.165, 1.54) is 6.26 Å². The molecule has 0 aromatic heterocycles. The van der Waals surface area contributed by atoms with E-state index in [9.17, 15) is 8.42 Å². The van der Waals surface area contributed by atoms with Gasteiger partial charge in [0.15, 0.2) is 9.84 Å². The third-order valence-corrected chi connectivity index (χ3v) is 4.00. The van der Waals surface area contributed by atoms with Gasteiger partial charge in [0, 0.05) is 12.3 Å². The molecule has 3 nitrogen and oxygen atoms in total. The molecule has 0 aromatic rings. The van der Waals surface area contributed by atoms with Crippen LogP contribution in [0.25, 0.3) is 0 Å². The van der Waals surface area contributed by atoms with Crippen LogP contribution in [-0.4, -0.2) is 26.1 Å². The average Bonchev–Trinajstić information content (AvgIpc) is 2.04. The van der Waals surface area contributed by atoms with Gasteiger partial charge in [-0.25, -0.2) is 8.42 Å². The van der Waals surface area contributed by atoms with Gasteiger partial charge < -0.3 is 0 Å². The van der Waals surface area contributed by atoms with Crippen molar-refractivity contribution >= 4 is 9.84 Å². The first kappa shape index (κ1) is 11.0. The van der Waals surface area contributed by atoms with Crippen LogP contribution in [0.2, 0.25) is 0 Å². The molecular weight excluding hydrogens is 186 g/mol. The van der Waals surface area contributed by atoms with Crippen LogP contribution in [0.4, 0.5) is 0 Å². The van der Waals surface area contributed by atoms with Crippen LogP contribution in [-0.2, 0) is 9.84 Å². The summed E-state index contributed by atoms with van der Waals surface area (Å²) in [6, 6.07) is 0.415. The minimum Gasteiger partial charge on any atom is -0.298 e. The molecule has 0 spiro atoms. The lowest BCUT2D eigenvalue weighted by Gasteiger charge is -2.29. The lowest BCUT2D eigenvalue weighted by atomic mass is 10.0. The van der Waals surface area contributed by atoms with Gasteiger partial charge in [-0.3, -0.25) is 5.32 Å². The van der Waals surface area contributed by atoms with Crippen LogP contribution < -0.4 is 5.32 Å². The number of rotatable bonds is 3. The van der Waals surface area contributed by atoms with Gasteiger partial charge in [-0.2, -0.15) is 0 Å². The Morgan fingerprint density at radius 3 is 2.62 bits per heavy atom. The van der Waals surface area contributed by atoms with Gasteiger partial charge in [0.2, 0.25) is 0 Å². The molecule has 0 aromatic carbocycles. The predicted octanol–water partition coefficient (Wildman–Crippen LogP) is 1.30. The van der Waals surface area contributed by atoms with Crippen LogP contribution in [0.3, 0.4) is 0 Å². The van der Waals surface area contributed by atoms with Crippen LogP contribution in [0.15, 0.2) is 0 Å². The normalized spacial score (nSPS) is 30.3. The number of hydrogen-bond donors (Lipinski definition) is 1.